The van der Waals surface area contributed by atoms with E-state index < -0.39 is 0 Å². The summed E-state index contributed by atoms with van der Waals surface area (Å²) in [7, 11) is 0. The molecule has 134 valence electrons. The average molecular weight is 430 g/mol. The maximum Gasteiger partial charge on any atom is 0.00237 e. The summed E-state index contributed by atoms with van der Waals surface area (Å²) in [6.07, 6.45) is 15.3. The molecule has 0 bridgehead atoms. The number of halogens is 1. The van der Waals surface area contributed by atoms with E-state index in [9.17, 15) is 0 Å². The second kappa shape index (κ2) is 8.41. The van der Waals surface area contributed by atoms with Crippen LogP contribution in [-0.4, -0.2) is 4.43 Å². The predicted molar refractivity (Wildman–Crippen MR) is 110 cm³/mol. The molecular formula is C22H39I. The molecule has 0 nitrogen and oxygen atoms in total. The van der Waals surface area contributed by atoms with Crippen LogP contribution in [0.5, 0.6) is 0 Å². The molecule has 23 heavy (non-hydrogen) atoms. The second-order valence-corrected chi connectivity index (χ2v) is 10.5. The summed E-state index contributed by atoms with van der Waals surface area (Å²) in [5.74, 6) is 8.25. The van der Waals surface area contributed by atoms with E-state index in [4.69, 9.17) is 0 Å². The maximum atomic E-state index is 2.62. The molecule has 4 atom stereocenters. The zero-order valence-corrected chi connectivity index (χ0v) is 17.9. The third-order valence-corrected chi connectivity index (χ3v) is 9.64. The normalized spacial score (nSPS) is 49.0. The van der Waals surface area contributed by atoms with Gasteiger partial charge in [0, 0.05) is 4.43 Å². The molecule has 0 amide bonds. The highest BCUT2D eigenvalue weighted by molar-refractivity contribution is 14.1. The van der Waals surface area contributed by atoms with Crippen molar-refractivity contribution < 1.29 is 0 Å². The number of rotatable bonds is 3. The van der Waals surface area contributed by atoms with Crippen LogP contribution in [0.4, 0.5) is 0 Å². The molecule has 0 spiro atoms. The van der Waals surface area contributed by atoms with Crippen LogP contribution in [0.25, 0.3) is 0 Å². The molecule has 3 saturated carbocycles. The highest BCUT2D eigenvalue weighted by Gasteiger charge is 2.41. The molecular weight excluding hydrogens is 391 g/mol. The Kier molecular flexibility index (Phi) is 6.77. The SMILES string of the molecule is CC1CCC(C2CCC(C3CCC(CI)CC3)C(C)C2C)CC1. The molecule has 0 radical (unpaired) electrons. The Hall–Kier alpha value is 0.730. The van der Waals surface area contributed by atoms with Gasteiger partial charge in [0.15, 0.2) is 0 Å². The van der Waals surface area contributed by atoms with Crippen LogP contribution in [0.15, 0.2) is 0 Å². The number of hydrogen-bond acceptors (Lipinski definition) is 0. The van der Waals surface area contributed by atoms with Gasteiger partial charge in [0.25, 0.3) is 0 Å². The van der Waals surface area contributed by atoms with Crippen molar-refractivity contribution in [3.63, 3.8) is 0 Å². The Balaban J connectivity index is 1.55. The van der Waals surface area contributed by atoms with Gasteiger partial charge in [-0.15, -0.1) is 0 Å². The average Bonchev–Trinajstić information content (AvgIpc) is 2.58. The first kappa shape index (κ1) is 18.5. The Morgan fingerprint density at radius 3 is 1.48 bits per heavy atom. The standard InChI is InChI=1S/C22H39I/c1-15-4-8-19(9-5-15)21-12-13-22(17(3)16(21)2)20-10-6-18(14-23)7-11-20/h15-22H,4-14H2,1-3H3. The summed E-state index contributed by atoms with van der Waals surface area (Å²) >= 11 is 2.60. The molecule has 3 rings (SSSR count). The van der Waals surface area contributed by atoms with Gasteiger partial charge in [0.05, 0.1) is 0 Å². The maximum absolute atomic E-state index is 2.62. The van der Waals surface area contributed by atoms with E-state index in [-0.39, 0.29) is 0 Å². The molecule has 3 aliphatic carbocycles. The van der Waals surface area contributed by atoms with Crippen molar-refractivity contribution in [3.05, 3.63) is 0 Å². The summed E-state index contributed by atoms with van der Waals surface area (Å²) in [5.41, 5.74) is 0. The molecule has 3 fully saturated rings. The monoisotopic (exact) mass is 430 g/mol. The molecule has 0 aromatic carbocycles. The third-order valence-electron chi connectivity index (χ3n) is 8.39. The fraction of sp³-hybridized carbons (Fsp3) is 1.00. The topological polar surface area (TPSA) is 0 Å². The van der Waals surface area contributed by atoms with Crippen molar-refractivity contribution >= 4 is 22.6 Å². The predicted octanol–water partition coefficient (Wildman–Crippen LogP) is 7.35. The first-order chi connectivity index (χ1) is 11.1. The molecule has 0 N–H and O–H groups in total. The summed E-state index contributed by atoms with van der Waals surface area (Å²) < 4.78 is 1.39. The fourth-order valence-corrected chi connectivity index (χ4v) is 7.39. The lowest BCUT2D eigenvalue weighted by atomic mass is 9.57. The van der Waals surface area contributed by atoms with Gasteiger partial charge in [-0.3, -0.25) is 0 Å². The summed E-state index contributed by atoms with van der Waals surface area (Å²) in [5, 5.41) is 0. The first-order valence-electron chi connectivity index (χ1n) is 10.7. The van der Waals surface area contributed by atoms with Crippen molar-refractivity contribution in [1.29, 1.82) is 0 Å². The lowest BCUT2D eigenvalue weighted by molar-refractivity contribution is 0.0176. The van der Waals surface area contributed by atoms with Crippen LogP contribution in [0, 0.1) is 47.3 Å². The molecule has 1 heteroatoms. The van der Waals surface area contributed by atoms with E-state index >= 15 is 0 Å². The third kappa shape index (κ3) is 4.29. The number of alkyl halides is 1. The molecule has 0 heterocycles. The summed E-state index contributed by atoms with van der Waals surface area (Å²) in [6.45, 7) is 7.71. The van der Waals surface area contributed by atoms with Crippen LogP contribution in [0.2, 0.25) is 0 Å². The van der Waals surface area contributed by atoms with Crippen LogP contribution in [0.3, 0.4) is 0 Å². The van der Waals surface area contributed by atoms with Gasteiger partial charge in [0.2, 0.25) is 0 Å². The summed E-state index contributed by atoms with van der Waals surface area (Å²) in [4.78, 5) is 0. The molecule has 0 saturated heterocycles. The van der Waals surface area contributed by atoms with Gasteiger partial charge in [0.1, 0.15) is 0 Å². The Morgan fingerprint density at radius 1 is 0.609 bits per heavy atom. The van der Waals surface area contributed by atoms with Crippen LogP contribution in [0.1, 0.15) is 85.0 Å². The van der Waals surface area contributed by atoms with E-state index in [0.29, 0.717) is 0 Å². The number of hydrogen-bond donors (Lipinski definition) is 0. The quantitative estimate of drug-likeness (QED) is 0.324. The van der Waals surface area contributed by atoms with Crippen LogP contribution >= 0.6 is 22.6 Å². The Bertz CT molecular complexity index is 349. The van der Waals surface area contributed by atoms with Gasteiger partial charge in [-0.2, -0.15) is 0 Å². The van der Waals surface area contributed by atoms with E-state index in [1.54, 1.807) is 25.7 Å². The zero-order valence-electron chi connectivity index (χ0n) is 15.8. The smallest absolute Gasteiger partial charge is 0.00237 e. The molecule has 4 unspecified atom stereocenters. The highest BCUT2D eigenvalue weighted by atomic mass is 127. The second-order valence-electron chi connectivity index (χ2n) is 9.58. The molecule has 0 aromatic rings. The van der Waals surface area contributed by atoms with Gasteiger partial charge in [-0.1, -0.05) is 56.2 Å². The highest BCUT2D eigenvalue weighted by Crippen LogP contribution is 2.50. The van der Waals surface area contributed by atoms with E-state index in [0.717, 1.165) is 47.3 Å². The van der Waals surface area contributed by atoms with Crippen molar-refractivity contribution in [2.24, 2.45) is 47.3 Å². The van der Waals surface area contributed by atoms with Gasteiger partial charge in [-0.25, -0.2) is 0 Å². The lowest BCUT2D eigenvalue weighted by Crippen LogP contribution is -2.40. The largest absolute Gasteiger partial charge is 0.0861 e. The van der Waals surface area contributed by atoms with Gasteiger partial charge >= 0.3 is 0 Å². The van der Waals surface area contributed by atoms with Gasteiger partial charge < -0.3 is 0 Å². The molecule has 0 aromatic heterocycles. The minimum absolute atomic E-state index is 0.981. The molecule has 0 aliphatic heterocycles. The minimum atomic E-state index is 0.981. The minimum Gasteiger partial charge on any atom is -0.0861 e. The van der Waals surface area contributed by atoms with Crippen molar-refractivity contribution in [2.75, 3.05) is 4.43 Å². The fourth-order valence-electron chi connectivity index (χ4n) is 6.51. The van der Waals surface area contributed by atoms with Gasteiger partial charge in [-0.05, 0) is 98.7 Å². The van der Waals surface area contributed by atoms with Crippen LogP contribution < -0.4 is 0 Å². The van der Waals surface area contributed by atoms with E-state index in [1.807, 2.05) is 0 Å². The van der Waals surface area contributed by atoms with Crippen molar-refractivity contribution in [1.82, 2.24) is 0 Å². The Labute approximate surface area is 159 Å². The Morgan fingerprint density at radius 2 is 1.04 bits per heavy atom. The zero-order chi connectivity index (χ0) is 16.4. The van der Waals surface area contributed by atoms with Crippen molar-refractivity contribution in [2.45, 2.75) is 85.0 Å². The van der Waals surface area contributed by atoms with Crippen molar-refractivity contribution in [3.8, 4) is 0 Å². The first-order valence-corrected chi connectivity index (χ1v) is 12.2. The van der Waals surface area contributed by atoms with E-state index in [1.165, 1.54) is 43.0 Å². The van der Waals surface area contributed by atoms with E-state index in [2.05, 4.69) is 43.4 Å². The summed E-state index contributed by atoms with van der Waals surface area (Å²) in [6, 6.07) is 0. The lowest BCUT2D eigenvalue weighted by Gasteiger charge is -2.48. The molecule has 3 aliphatic rings. The van der Waals surface area contributed by atoms with Crippen LogP contribution in [-0.2, 0) is 0 Å².